The molecule has 0 saturated carbocycles. The van der Waals surface area contributed by atoms with Crippen molar-refractivity contribution in [2.24, 2.45) is 0 Å². The zero-order chi connectivity index (χ0) is 35.1. The second kappa shape index (κ2) is 15.0. The molecule has 4 rings (SSSR count). The van der Waals surface area contributed by atoms with E-state index in [0.717, 1.165) is 36.8 Å². The van der Waals surface area contributed by atoms with Gasteiger partial charge in [0.05, 0.1) is 22.5 Å². The second-order valence-corrected chi connectivity index (χ2v) is 10.9. The van der Waals surface area contributed by atoms with E-state index in [-0.39, 0.29) is 31.1 Å². The highest BCUT2D eigenvalue weighted by Gasteiger charge is 2.37. The van der Waals surface area contributed by atoms with Crippen molar-refractivity contribution in [1.82, 2.24) is 5.32 Å². The number of nitro groups is 1. The maximum absolute atomic E-state index is 13.6. The number of hydrogen-bond donors (Lipinski definition) is 3. The first-order valence-corrected chi connectivity index (χ1v) is 14.7. The summed E-state index contributed by atoms with van der Waals surface area (Å²) in [4.78, 5) is 35.3. The molecule has 3 N–H and O–H groups in total. The minimum Gasteiger partial charge on any atom is -0.481 e. The number of benzene rings is 3. The number of rotatable bonds is 12. The molecule has 1 amide bonds. The Morgan fingerprint density at radius 3 is 2.06 bits per heavy atom. The summed E-state index contributed by atoms with van der Waals surface area (Å²) in [6, 6.07) is 13.5. The number of alkyl halides is 6. The molecule has 48 heavy (non-hydrogen) atoms. The molecule has 0 radical (unpaired) electrons. The summed E-state index contributed by atoms with van der Waals surface area (Å²) < 4.78 is 81.6. The SMILES string of the molecule is O=C(O)CCNC(=O)c1ccc(CN(/C(=C\[N+](=O)[O-])Nc2cc(C(F)(F)F)cc(C(F)(F)F)c2)c2ccc(C3=CCCCC3)cc2)cc1. The molecule has 0 atom stereocenters. The molecule has 1 aliphatic carbocycles. The van der Waals surface area contributed by atoms with E-state index in [1.165, 1.54) is 29.2 Å². The lowest BCUT2D eigenvalue weighted by Gasteiger charge is -2.28. The van der Waals surface area contributed by atoms with Crippen molar-refractivity contribution in [2.45, 2.75) is 51.0 Å². The Morgan fingerprint density at radius 2 is 1.54 bits per heavy atom. The first-order chi connectivity index (χ1) is 22.6. The molecule has 0 aromatic heterocycles. The molecular formula is C33H30F6N4O5. The van der Waals surface area contributed by atoms with Crippen molar-refractivity contribution in [1.29, 1.82) is 0 Å². The van der Waals surface area contributed by atoms with Gasteiger partial charge in [-0.2, -0.15) is 26.3 Å². The number of anilines is 2. The van der Waals surface area contributed by atoms with Crippen LogP contribution in [0.25, 0.3) is 5.57 Å². The number of carboxylic acids is 1. The molecule has 0 bridgehead atoms. The van der Waals surface area contributed by atoms with E-state index in [1.807, 2.05) is 0 Å². The fourth-order valence-corrected chi connectivity index (χ4v) is 5.04. The van der Waals surface area contributed by atoms with Crippen molar-refractivity contribution in [3.05, 3.63) is 123 Å². The van der Waals surface area contributed by atoms with Crippen LogP contribution in [0.4, 0.5) is 37.7 Å². The van der Waals surface area contributed by atoms with E-state index in [1.54, 1.807) is 24.3 Å². The topological polar surface area (TPSA) is 125 Å². The quantitative estimate of drug-likeness (QED) is 0.101. The lowest BCUT2D eigenvalue weighted by molar-refractivity contribution is -0.403. The summed E-state index contributed by atoms with van der Waals surface area (Å²) in [6.45, 7) is -0.274. The summed E-state index contributed by atoms with van der Waals surface area (Å²) in [5.41, 5.74) is -0.905. The number of allylic oxidation sites excluding steroid dienone is 2. The van der Waals surface area contributed by atoms with E-state index < -0.39 is 51.8 Å². The Balaban J connectivity index is 1.73. The van der Waals surface area contributed by atoms with Crippen molar-refractivity contribution in [3.63, 3.8) is 0 Å². The number of amides is 1. The Labute approximate surface area is 270 Å². The van der Waals surface area contributed by atoms with Gasteiger partial charge >= 0.3 is 18.3 Å². The summed E-state index contributed by atoms with van der Waals surface area (Å²) in [7, 11) is 0. The molecule has 0 fully saturated rings. The molecule has 3 aromatic rings. The highest BCUT2D eigenvalue weighted by Crippen LogP contribution is 2.38. The van der Waals surface area contributed by atoms with Crippen LogP contribution >= 0.6 is 0 Å². The van der Waals surface area contributed by atoms with E-state index >= 15 is 0 Å². The molecule has 0 saturated heterocycles. The average molecular weight is 677 g/mol. The van der Waals surface area contributed by atoms with Gasteiger partial charge in [-0.15, -0.1) is 0 Å². The lowest BCUT2D eigenvalue weighted by Crippen LogP contribution is -2.28. The third-order valence-corrected chi connectivity index (χ3v) is 7.40. The molecule has 3 aromatic carbocycles. The standard InChI is InChI=1S/C33H30F6N4O5/c34-32(35,36)25-16-26(33(37,38)39)18-27(17-25)41-29(20-43(47)48)42(28-12-10-23(11-13-28)22-4-2-1-3-5-22)19-21-6-8-24(9-7-21)31(46)40-15-14-30(44)45/h4,6-13,16-18,20,41H,1-3,5,14-15,19H2,(H,40,46)(H,44,45)/b29-20-. The maximum Gasteiger partial charge on any atom is 0.416 e. The zero-order valence-corrected chi connectivity index (χ0v) is 25.2. The Hall–Kier alpha value is -5.34. The maximum atomic E-state index is 13.6. The Morgan fingerprint density at radius 1 is 0.917 bits per heavy atom. The van der Waals surface area contributed by atoms with Crippen LogP contribution in [0.15, 0.2) is 84.8 Å². The average Bonchev–Trinajstić information content (AvgIpc) is 3.03. The highest BCUT2D eigenvalue weighted by molar-refractivity contribution is 5.94. The van der Waals surface area contributed by atoms with Crippen LogP contribution in [-0.2, 0) is 23.7 Å². The minimum atomic E-state index is -5.14. The van der Waals surface area contributed by atoms with Gasteiger partial charge in [0.25, 0.3) is 12.1 Å². The highest BCUT2D eigenvalue weighted by atomic mass is 19.4. The normalized spacial score (nSPS) is 13.8. The van der Waals surface area contributed by atoms with Crippen molar-refractivity contribution in [3.8, 4) is 0 Å². The number of nitrogens with zero attached hydrogens (tertiary/aromatic N) is 2. The van der Waals surface area contributed by atoms with E-state index in [9.17, 15) is 46.0 Å². The Kier molecular flexibility index (Phi) is 11.1. The van der Waals surface area contributed by atoms with Crippen LogP contribution in [0.1, 0.15) is 64.7 Å². The monoisotopic (exact) mass is 676 g/mol. The minimum absolute atomic E-state index is 0.0438. The first-order valence-electron chi connectivity index (χ1n) is 14.7. The van der Waals surface area contributed by atoms with Crippen molar-refractivity contribution >= 4 is 28.8 Å². The van der Waals surface area contributed by atoms with Crippen LogP contribution in [-0.4, -0.2) is 28.5 Å². The number of carboxylic acid groups (broad SMARTS) is 1. The van der Waals surface area contributed by atoms with Gasteiger partial charge in [-0.25, -0.2) is 0 Å². The molecule has 9 nitrogen and oxygen atoms in total. The second-order valence-electron chi connectivity index (χ2n) is 10.9. The summed E-state index contributed by atoms with van der Waals surface area (Å²) in [6.07, 6.45) is -4.20. The predicted molar refractivity (Wildman–Crippen MR) is 165 cm³/mol. The largest absolute Gasteiger partial charge is 0.481 e. The Bertz CT molecular complexity index is 1670. The van der Waals surface area contributed by atoms with E-state index in [0.29, 0.717) is 29.6 Å². The first kappa shape index (κ1) is 35.5. The number of carbonyl (C=O) groups is 2. The molecule has 1 aliphatic rings. The van der Waals surface area contributed by atoms with Crippen LogP contribution in [0.2, 0.25) is 0 Å². The van der Waals surface area contributed by atoms with Crippen molar-refractivity contribution in [2.75, 3.05) is 16.8 Å². The number of halogens is 6. The van der Waals surface area contributed by atoms with Gasteiger partial charge in [0, 0.05) is 30.0 Å². The van der Waals surface area contributed by atoms with Gasteiger partial charge in [0.1, 0.15) is 0 Å². The molecule has 0 aliphatic heterocycles. The molecule has 0 heterocycles. The smallest absolute Gasteiger partial charge is 0.416 e. The van der Waals surface area contributed by atoms with Crippen molar-refractivity contribution < 1.29 is 46.0 Å². The van der Waals surface area contributed by atoms with Crippen LogP contribution in [0, 0.1) is 10.1 Å². The van der Waals surface area contributed by atoms with Gasteiger partial charge < -0.3 is 20.6 Å². The fraction of sp³-hybridized carbons (Fsp3) is 0.273. The molecule has 15 heteroatoms. The van der Waals surface area contributed by atoms with Crippen LogP contribution in [0.5, 0.6) is 0 Å². The zero-order valence-electron chi connectivity index (χ0n) is 25.2. The van der Waals surface area contributed by atoms with E-state index in [2.05, 4.69) is 16.7 Å². The summed E-state index contributed by atoms with van der Waals surface area (Å²) in [5, 5.41) is 25.4. The summed E-state index contributed by atoms with van der Waals surface area (Å²) >= 11 is 0. The third kappa shape index (κ3) is 9.83. The van der Waals surface area contributed by atoms with Crippen LogP contribution < -0.4 is 15.5 Å². The van der Waals surface area contributed by atoms with Gasteiger partial charge in [0.15, 0.2) is 5.82 Å². The van der Waals surface area contributed by atoms with E-state index in [4.69, 9.17) is 5.11 Å². The predicted octanol–water partition coefficient (Wildman–Crippen LogP) is 8.08. The molecule has 0 unspecified atom stereocenters. The van der Waals surface area contributed by atoms with Gasteiger partial charge in [-0.05, 0) is 84.8 Å². The molecule has 0 spiro atoms. The summed E-state index contributed by atoms with van der Waals surface area (Å²) in [5.74, 6) is -2.08. The third-order valence-electron chi connectivity index (χ3n) is 7.40. The fourth-order valence-electron chi connectivity index (χ4n) is 5.04. The number of aliphatic carboxylic acids is 1. The number of hydrogen-bond acceptors (Lipinski definition) is 6. The van der Waals surface area contributed by atoms with Gasteiger partial charge in [-0.3, -0.25) is 19.7 Å². The van der Waals surface area contributed by atoms with Crippen LogP contribution in [0.3, 0.4) is 0 Å². The number of nitrogens with one attached hydrogen (secondary N) is 2. The van der Waals surface area contributed by atoms with Gasteiger partial charge in [-0.1, -0.05) is 30.3 Å². The number of carbonyl (C=O) groups excluding carboxylic acids is 1. The van der Waals surface area contributed by atoms with Gasteiger partial charge in [0.2, 0.25) is 0 Å². The molecule has 254 valence electrons. The lowest BCUT2D eigenvalue weighted by atomic mass is 9.93. The molecular weight excluding hydrogens is 646 g/mol.